The smallest absolute Gasteiger partial charge is 0.258 e. The first-order valence-electron chi connectivity index (χ1n) is 10.5. The second kappa shape index (κ2) is 10.3. The summed E-state index contributed by atoms with van der Waals surface area (Å²) in [5, 5.41) is 2.85. The molecule has 1 aliphatic heterocycles. The Morgan fingerprint density at radius 1 is 0.967 bits per heavy atom. The van der Waals surface area contributed by atoms with E-state index >= 15 is 0 Å². The van der Waals surface area contributed by atoms with Crippen molar-refractivity contribution in [1.29, 1.82) is 0 Å². The van der Waals surface area contributed by atoms with Gasteiger partial charge in [-0.1, -0.05) is 38.1 Å². The van der Waals surface area contributed by atoms with Crippen LogP contribution in [0.2, 0.25) is 0 Å². The van der Waals surface area contributed by atoms with Crippen molar-refractivity contribution in [2.75, 3.05) is 39.8 Å². The molecule has 1 heterocycles. The van der Waals surface area contributed by atoms with Gasteiger partial charge in [0.25, 0.3) is 11.8 Å². The molecule has 0 saturated carbocycles. The zero-order valence-corrected chi connectivity index (χ0v) is 18.1. The van der Waals surface area contributed by atoms with Gasteiger partial charge in [-0.3, -0.25) is 9.59 Å². The van der Waals surface area contributed by atoms with E-state index in [-0.39, 0.29) is 18.4 Å². The summed E-state index contributed by atoms with van der Waals surface area (Å²) in [6.07, 6.45) is 0. The molecular weight excluding hydrogens is 378 g/mol. The number of carbonyl (C=O) groups excluding carboxylic acids is 2. The van der Waals surface area contributed by atoms with Crippen LogP contribution in [0.5, 0.6) is 5.75 Å². The third-order valence-electron chi connectivity index (χ3n) is 5.40. The molecule has 160 valence electrons. The number of hydrogen-bond donors (Lipinski definition) is 1. The minimum Gasteiger partial charge on any atom is -0.484 e. The summed E-state index contributed by atoms with van der Waals surface area (Å²) >= 11 is 0. The Labute approximate surface area is 178 Å². The number of nitrogens with zero attached hydrogens (tertiary/aromatic N) is 2. The standard InChI is InChI=1S/C24H31N3O3/c1-18(2)20-8-10-22(11-9-20)30-17-23(28)25-16-19-4-6-21(7-5-19)24(29)27-14-12-26(3)13-15-27/h4-11,18H,12-17H2,1-3H3,(H,25,28). The largest absolute Gasteiger partial charge is 0.484 e. The molecule has 1 N–H and O–H groups in total. The maximum absolute atomic E-state index is 12.6. The number of hydrogen-bond acceptors (Lipinski definition) is 4. The number of carbonyl (C=O) groups is 2. The molecule has 1 saturated heterocycles. The van der Waals surface area contributed by atoms with E-state index in [0.29, 0.717) is 23.8 Å². The third kappa shape index (κ3) is 6.07. The molecular formula is C24H31N3O3. The molecule has 1 aliphatic rings. The average molecular weight is 410 g/mol. The average Bonchev–Trinajstić information content (AvgIpc) is 2.77. The van der Waals surface area contributed by atoms with Crippen molar-refractivity contribution in [2.24, 2.45) is 0 Å². The van der Waals surface area contributed by atoms with Gasteiger partial charge in [-0.25, -0.2) is 0 Å². The first-order chi connectivity index (χ1) is 14.4. The molecule has 0 aromatic heterocycles. The number of benzene rings is 2. The topological polar surface area (TPSA) is 61.9 Å². The summed E-state index contributed by atoms with van der Waals surface area (Å²) in [6, 6.07) is 15.2. The molecule has 2 aromatic rings. The normalized spacial score (nSPS) is 14.6. The van der Waals surface area contributed by atoms with E-state index in [2.05, 4.69) is 31.1 Å². The summed E-state index contributed by atoms with van der Waals surface area (Å²) < 4.78 is 5.55. The number of likely N-dealkylation sites (N-methyl/N-ethyl adjacent to an activating group) is 1. The SMILES string of the molecule is CC(C)c1ccc(OCC(=O)NCc2ccc(C(=O)N3CCN(C)CC3)cc2)cc1. The molecule has 6 nitrogen and oxygen atoms in total. The van der Waals surface area contributed by atoms with E-state index in [0.717, 1.165) is 31.7 Å². The Bertz CT molecular complexity index is 839. The summed E-state index contributed by atoms with van der Waals surface area (Å²) in [7, 11) is 2.07. The molecule has 3 rings (SSSR count). The maximum Gasteiger partial charge on any atom is 0.258 e. The second-order valence-electron chi connectivity index (χ2n) is 8.08. The van der Waals surface area contributed by atoms with Crippen LogP contribution in [0.4, 0.5) is 0 Å². The van der Waals surface area contributed by atoms with Gasteiger partial charge in [-0.05, 0) is 48.4 Å². The molecule has 0 unspecified atom stereocenters. The van der Waals surface area contributed by atoms with Crippen molar-refractivity contribution in [3.8, 4) is 5.75 Å². The lowest BCUT2D eigenvalue weighted by Gasteiger charge is -2.32. The van der Waals surface area contributed by atoms with E-state index in [1.165, 1.54) is 5.56 Å². The van der Waals surface area contributed by atoms with Crippen molar-refractivity contribution in [1.82, 2.24) is 15.1 Å². The minimum absolute atomic E-state index is 0.0268. The van der Waals surface area contributed by atoms with E-state index in [9.17, 15) is 9.59 Å². The fourth-order valence-corrected chi connectivity index (χ4v) is 3.31. The minimum atomic E-state index is -0.180. The van der Waals surface area contributed by atoms with Crippen molar-refractivity contribution in [3.63, 3.8) is 0 Å². The van der Waals surface area contributed by atoms with Gasteiger partial charge in [-0.15, -0.1) is 0 Å². The number of amides is 2. The van der Waals surface area contributed by atoms with Crippen LogP contribution in [0.3, 0.4) is 0 Å². The van der Waals surface area contributed by atoms with Gasteiger partial charge >= 0.3 is 0 Å². The lowest BCUT2D eigenvalue weighted by molar-refractivity contribution is -0.123. The lowest BCUT2D eigenvalue weighted by atomic mass is 10.0. The summed E-state index contributed by atoms with van der Waals surface area (Å²) in [5.41, 5.74) is 2.86. The van der Waals surface area contributed by atoms with Crippen LogP contribution < -0.4 is 10.1 Å². The van der Waals surface area contributed by atoms with E-state index < -0.39 is 0 Å². The van der Waals surface area contributed by atoms with Crippen molar-refractivity contribution >= 4 is 11.8 Å². The second-order valence-corrected chi connectivity index (χ2v) is 8.08. The Morgan fingerprint density at radius 2 is 1.60 bits per heavy atom. The fourth-order valence-electron chi connectivity index (χ4n) is 3.31. The van der Waals surface area contributed by atoms with Crippen LogP contribution in [-0.2, 0) is 11.3 Å². The molecule has 0 atom stereocenters. The van der Waals surface area contributed by atoms with Crippen LogP contribution in [-0.4, -0.2) is 61.4 Å². The predicted molar refractivity (Wildman–Crippen MR) is 118 cm³/mol. The molecule has 1 fully saturated rings. The van der Waals surface area contributed by atoms with Gasteiger partial charge in [0, 0.05) is 38.3 Å². The van der Waals surface area contributed by atoms with Gasteiger partial charge < -0.3 is 19.9 Å². The third-order valence-corrected chi connectivity index (χ3v) is 5.40. The van der Waals surface area contributed by atoms with Gasteiger partial charge in [0.15, 0.2) is 6.61 Å². The van der Waals surface area contributed by atoms with Crippen LogP contribution in [0.1, 0.15) is 41.3 Å². The Morgan fingerprint density at radius 3 is 2.20 bits per heavy atom. The van der Waals surface area contributed by atoms with E-state index in [4.69, 9.17) is 4.74 Å². The van der Waals surface area contributed by atoms with Crippen LogP contribution >= 0.6 is 0 Å². The van der Waals surface area contributed by atoms with Crippen LogP contribution in [0.25, 0.3) is 0 Å². The van der Waals surface area contributed by atoms with Crippen LogP contribution in [0.15, 0.2) is 48.5 Å². The van der Waals surface area contributed by atoms with Crippen molar-refractivity contribution in [3.05, 3.63) is 65.2 Å². The number of piperazine rings is 1. The van der Waals surface area contributed by atoms with E-state index in [1.807, 2.05) is 53.4 Å². The van der Waals surface area contributed by atoms with E-state index in [1.54, 1.807) is 0 Å². The Hall–Kier alpha value is -2.86. The molecule has 6 heteroatoms. The number of ether oxygens (including phenoxy) is 1. The summed E-state index contributed by atoms with van der Waals surface area (Å²) in [5.74, 6) is 1.03. The number of rotatable bonds is 7. The Balaban J connectivity index is 1.43. The van der Waals surface area contributed by atoms with Gasteiger partial charge in [-0.2, -0.15) is 0 Å². The zero-order chi connectivity index (χ0) is 21.5. The highest BCUT2D eigenvalue weighted by Gasteiger charge is 2.20. The van der Waals surface area contributed by atoms with Gasteiger partial charge in [0.2, 0.25) is 0 Å². The fraction of sp³-hybridized carbons (Fsp3) is 0.417. The first-order valence-corrected chi connectivity index (χ1v) is 10.5. The molecule has 30 heavy (non-hydrogen) atoms. The highest BCUT2D eigenvalue weighted by Crippen LogP contribution is 2.18. The van der Waals surface area contributed by atoms with Crippen LogP contribution in [0, 0.1) is 0 Å². The number of nitrogens with one attached hydrogen (secondary N) is 1. The molecule has 0 bridgehead atoms. The highest BCUT2D eigenvalue weighted by atomic mass is 16.5. The first kappa shape index (κ1) is 21.8. The Kier molecular flexibility index (Phi) is 7.46. The molecule has 0 aliphatic carbocycles. The quantitative estimate of drug-likeness (QED) is 0.764. The highest BCUT2D eigenvalue weighted by molar-refractivity contribution is 5.94. The summed E-state index contributed by atoms with van der Waals surface area (Å²) in [4.78, 5) is 28.8. The molecule has 0 spiro atoms. The zero-order valence-electron chi connectivity index (χ0n) is 18.1. The van der Waals surface area contributed by atoms with Crippen molar-refractivity contribution in [2.45, 2.75) is 26.3 Å². The van der Waals surface area contributed by atoms with Gasteiger partial charge in [0.05, 0.1) is 0 Å². The molecule has 0 radical (unpaired) electrons. The predicted octanol–water partition coefficient (Wildman–Crippen LogP) is 2.89. The lowest BCUT2D eigenvalue weighted by Crippen LogP contribution is -2.47. The maximum atomic E-state index is 12.6. The molecule has 2 aromatic carbocycles. The van der Waals surface area contributed by atoms with Crippen molar-refractivity contribution < 1.29 is 14.3 Å². The summed E-state index contributed by atoms with van der Waals surface area (Å²) in [6.45, 7) is 7.97. The molecule has 2 amide bonds. The van der Waals surface area contributed by atoms with Gasteiger partial charge in [0.1, 0.15) is 5.75 Å². The monoisotopic (exact) mass is 409 g/mol.